The highest BCUT2D eigenvalue weighted by molar-refractivity contribution is 7.09. The molecular weight excluding hydrogens is 272 g/mol. The zero-order valence-corrected chi connectivity index (χ0v) is 10.7. The number of nitro benzene ring substituents is 1. The molecule has 0 spiro atoms. The van der Waals surface area contributed by atoms with Gasteiger partial charge >= 0.3 is 0 Å². The molecule has 0 saturated heterocycles. The molecule has 0 aliphatic heterocycles. The van der Waals surface area contributed by atoms with E-state index in [4.69, 9.17) is 15.2 Å². The molecule has 2 aromatic rings. The summed E-state index contributed by atoms with van der Waals surface area (Å²) >= 11 is 1.07. The average Bonchev–Trinajstić information content (AvgIpc) is 2.81. The van der Waals surface area contributed by atoms with Crippen LogP contribution < -0.4 is 15.2 Å². The number of hydrogen-bond donors (Lipinski definition) is 1. The lowest BCUT2D eigenvalue weighted by molar-refractivity contribution is -0.385. The summed E-state index contributed by atoms with van der Waals surface area (Å²) in [6.45, 7) is 0.122. The topological polar surface area (TPSA) is 113 Å². The van der Waals surface area contributed by atoms with E-state index in [0.29, 0.717) is 16.4 Å². The van der Waals surface area contributed by atoms with Crippen molar-refractivity contribution in [1.82, 2.24) is 9.59 Å². The molecule has 0 radical (unpaired) electrons. The maximum absolute atomic E-state index is 10.6. The van der Waals surface area contributed by atoms with Gasteiger partial charge in [0.2, 0.25) is 0 Å². The maximum Gasteiger partial charge on any atom is 0.273 e. The van der Waals surface area contributed by atoms with Crippen molar-refractivity contribution in [3.8, 4) is 11.5 Å². The maximum atomic E-state index is 10.6. The third kappa shape index (κ3) is 2.88. The van der Waals surface area contributed by atoms with Crippen LogP contribution in [-0.4, -0.2) is 21.6 Å². The number of rotatable bonds is 5. The van der Waals surface area contributed by atoms with Crippen LogP contribution in [0.3, 0.4) is 0 Å². The molecular formula is C10H10N4O4S. The minimum atomic E-state index is -0.505. The van der Waals surface area contributed by atoms with Gasteiger partial charge in [0.05, 0.1) is 18.1 Å². The summed E-state index contributed by atoms with van der Waals surface area (Å²) in [5.41, 5.74) is 6.08. The normalized spacial score (nSPS) is 10.2. The van der Waals surface area contributed by atoms with Crippen LogP contribution >= 0.6 is 11.5 Å². The third-order valence-corrected chi connectivity index (χ3v) is 2.90. The van der Waals surface area contributed by atoms with Gasteiger partial charge in [-0.05, 0) is 6.07 Å². The van der Waals surface area contributed by atoms with Crippen LogP contribution in [0.5, 0.6) is 11.5 Å². The van der Waals surface area contributed by atoms with Crippen LogP contribution in [0.4, 0.5) is 10.7 Å². The van der Waals surface area contributed by atoms with Crippen LogP contribution in [-0.2, 0) is 6.61 Å². The van der Waals surface area contributed by atoms with Gasteiger partial charge in [-0.1, -0.05) is 4.49 Å². The average molecular weight is 282 g/mol. The van der Waals surface area contributed by atoms with Gasteiger partial charge in [0, 0.05) is 17.6 Å². The molecule has 0 unspecified atom stereocenters. The van der Waals surface area contributed by atoms with Crippen LogP contribution in [0.2, 0.25) is 0 Å². The molecule has 2 rings (SSSR count). The lowest BCUT2D eigenvalue weighted by Gasteiger charge is -2.09. The Morgan fingerprint density at radius 1 is 1.47 bits per heavy atom. The predicted octanol–water partition coefficient (Wildman–Crippen LogP) is 1.62. The van der Waals surface area contributed by atoms with Gasteiger partial charge in [0.25, 0.3) is 5.69 Å². The van der Waals surface area contributed by atoms with E-state index in [1.165, 1.54) is 25.3 Å². The lowest BCUT2D eigenvalue weighted by atomic mass is 10.3. The van der Waals surface area contributed by atoms with Crippen molar-refractivity contribution in [3.63, 3.8) is 0 Å². The van der Waals surface area contributed by atoms with Gasteiger partial charge in [0.15, 0.2) is 11.5 Å². The number of nitro groups is 1. The molecule has 0 aliphatic carbocycles. The van der Waals surface area contributed by atoms with E-state index in [9.17, 15) is 10.1 Å². The molecule has 8 nitrogen and oxygen atoms in total. The molecule has 0 amide bonds. The van der Waals surface area contributed by atoms with E-state index >= 15 is 0 Å². The van der Waals surface area contributed by atoms with Gasteiger partial charge in [-0.2, -0.15) is 0 Å². The van der Waals surface area contributed by atoms with E-state index in [1.54, 1.807) is 0 Å². The van der Waals surface area contributed by atoms with Gasteiger partial charge < -0.3 is 15.2 Å². The minimum absolute atomic E-state index is 0.0703. The number of non-ortho nitro benzene ring substituents is 1. The molecule has 0 saturated carbocycles. The predicted molar refractivity (Wildman–Crippen MR) is 68.3 cm³/mol. The molecule has 1 heterocycles. The highest BCUT2D eigenvalue weighted by Crippen LogP contribution is 2.31. The number of anilines is 1. The van der Waals surface area contributed by atoms with Crippen LogP contribution in [0.25, 0.3) is 0 Å². The summed E-state index contributed by atoms with van der Waals surface area (Å²) in [6.07, 6.45) is 0. The number of ether oxygens (including phenoxy) is 2. The Hall–Kier alpha value is -2.42. The van der Waals surface area contributed by atoms with Gasteiger partial charge in [0.1, 0.15) is 17.3 Å². The summed E-state index contributed by atoms with van der Waals surface area (Å²) in [4.78, 5) is 10.1. The summed E-state index contributed by atoms with van der Waals surface area (Å²) in [7, 11) is 1.41. The second-order valence-corrected chi connectivity index (χ2v) is 4.25. The zero-order valence-electron chi connectivity index (χ0n) is 9.90. The Balaban J connectivity index is 2.16. The molecule has 0 atom stereocenters. The first-order valence-electron chi connectivity index (χ1n) is 5.13. The van der Waals surface area contributed by atoms with E-state index < -0.39 is 4.92 Å². The number of benzene rings is 1. The largest absolute Gasteiger partial charge is 0.493 e. The standard InChI is InChI=1S/C10H10N4O4S/c1-17-9-4-6(14(15)16)2-3-8(9)18-5-7-10(11)19-13-12-7/h2-4H,5,11H2,1H3. The Kier molecular flexibility index (Phi) is 3.76. The first kappa shape index (κ1) is 13.0. The first-order valence-corrected chi connectivity index (χ1v) is 5.91. The van der Waals surface area contributed by atoms with Crippen LogP contribution in [0, 0.1) is 10.1 Å². The molecule has 2 N–H and O–H groups in total. The summed E-state index contributed by atoms with van der Waals surface area (Å²) in [6, 6.07) is 4.09. The number of methoxy groups -OCH3 is 1. The lowest BCUT2D eigenvalue weighted by Crippen LogP contribution is -2.01. The third-order valence-electron chi connectivity index (χ3n) is 2.31. The fraction of sp³-hybridized carbons (Fsp3) is 0.200. The van der Waals surface area contributed by atoms with Crippen molar-refractivity contribution in [2.75, 3.05) is 12.8 Å². The number of hydrogen-bond acceptors (Lipinski definition) is 8. The van der Waals surface area contributed by atoms with Crippen molar-refractivity contribution >= 4 is 22.2 Å². The number of nitrogens with zero attached hydrogens (tertiary/aromatic N) is 3. The highest BCUT2D eigenvalue weighted by Gasteiger charge is 2.13. The molecule has 9 heteroatoms. The highest BCUT2D eigenvalue weighted by atomic mass is 32.1. The molecule has 0 bridgehead atoms. The summed E-state index contributed by atoms with van der Waals surface area (Å²) in [5, 5.41) is 14.9. The van der Waals surface area contributed by atoms with Crippen LogP contribution in [0.1, 0.15) is 5.69 Å². The van der Waals surface area contributed by atoms with Gasteiger partial charge in [-0.25, -0.2) is 0 Å². The quantitative estimate of drug-likeness (QED) is 0.654. The second-order valence-electron chi connectivity index (χ2n) is 3.46. The Labute approximate surface area is 112 Å². The van der Waals surface area contributed by atoms with Gasteiger partial charge in [-0.3, -0.25) is 10.1 Å². The van der Waals surface area contributed by atoms with Crippen molar-refractivity contribution in [1.29, 1.82) is 0 Å². The van der Waals surface area contributed by atoms with Gasteiger partial charge in [-0.15, -0.1) is 5.10 Å². The van der Waals surface area contributed by atoms with Crippen molar-refractivity contribution < 1.29 is 14.4 Å². The smallest absolute Gasteiger partial charge is 0.273 e. The minimum Gasteiger partial charge on any atom is -0.493 e. The van der Waals surface area contributed by atoms with Crippen LogP contribution in [0.15, 0.2) is 18.2 Å². The number of nitrogen functional groups attached to an aromatic ring is 1. The summed E-state index contributed by atoms with van der Waals surface area (Å²) < 4.78 is 14.2. The monoisotopic (exact) mass is 282 g/mol. The van der Waals surface area contributed by atoms with E-state index in [1.807, 2.05) is 0 Å². The molecule has 19 heavy (non-hydrogen) atoms. The Morgan fingerprint density at radius 2 is 2.26 bits per heavy atom. The molecule has 0 fully saturated rings. The Morgan fingerprint density at radius 3 is 2.84 bits per heavy atom. The first-order chi connectivity index (χ1) is 9.11. The second kappa shape index (κ2) is 5.48. The van der Waals surface area contributed by atoms with Crippen molar-refractivity contribution in [2.24, 2.45) is 0 Å². The molecule has 0 aliphatic rings. The number of nitrogens with two attached hydrogens (primary N) is 1. The van der Waals surface area contributed by atoms with Crippen molar-refractivity contribution in [3.05, 3.63) is 34.0 Å². The number of aromatic nitrogens is 2. The zero-order chi connectivity index (χ0) is 13.8. The van der Waals surface area contributed by atoms with Crippen molar-refractivity contribution in [2.45, 2.75) is 6.61 Å². The fourth-order valence-electron chi connectivity index (χ4n) is 1.35. The van der Waals surface area contributed by atoms with E-state index in [2.05, 4.69) is 9.59 Å². The fourth-order valence-corrected chi connectivity index (χ4v) is 1.78. The van der Waals surface area contributed by atoms with E-state index in [0.717, 1.165) is 11.5 Å². The molecule has 100 valence electrons. The summed E-state index contributed by atoms with van der Waals surface area (Å²) in [5.74, 6) is 0.650. The molecule has 1 aromatic heterocycles. The SMILES string of the molecule is COc1cc([N+](=O)[O-])ccc1OCc1nnsc1N. The Bertz CT molecular complexity index is 601. The van der Waals surface area contributed by atoms with E-state index in [-0.39, 0.29) is 18.0 Å². The molecule has 1 aromatic carbocycles.